The van der Waals surface area contributed by atoms with Crippen molar-refractivity contribution < 1.29 is 28.9 Å². The number of aliphatic hydroxyl groups excluding tert-OH is 1. The van der Waals surface area contributed by atoms with Crippen LogP contribution < -0.4 is 14.2 Å². The number of para-hydroxylation sites is 1. The van der Waals surface area contributed by atoms with E-state index in [1.165, 1.54) is 12.0 Å². The van der Waals surface area contributed by atoms with Gasteiger partial charge in [-0.15, -0.1) is 0 Å². The van der Waals surface area contributed by atoms with Crippen LogP contribution in [0.3, 0.4) is 0 Å². The number of aryl methyl sites for hydroxylation is 1. The van der Waals surface area contributed by atoms with Gasteiger partial charge in [0.1, 0.15) is 24.7 Å². The van der Waals surface area contributed by atoms with Gasteiger partial charge in [-0.2, -0.15) is 0 Å². The zero-order valence-corrected chi connectivity index (χ0v) is 19.2. The van der Waals surface area contributed by atoms with Gasteiger partial charge in [-0.25, -0.2) is 4.98 Å². The summed E-state index contributed by atoms with van der Waals surface area (Å²) in [5, 5.41) is 11.3. The Hall–Kier alpha value is -4.27. The lowest BCUT2D eigenvalue weighted by Gasteiger charge is -2.26. The Morgan fingerprint density at radius 3 is 2.69 bits per heavy atom. The molecule has 1 atom stereocenters. The van der Waals surface area contributed by atoms with Crippen LogP contribution in [0.2, 0.25) is 0 Å². The number of nitrogens with zero attached hydrogens (tertiary/aromatic N) is 3. The minimum absolute atomic E-state index is 0.0128. The number of carbonyl (C=O) groups excluding carboxylic acids is 2. The molecule has 0 bridgehead atoms. The molecule has 3 heterocycles. The normalized spacial score (nSPS) is 18.7. The Kier molecular flexibility index (Phi) is 6.13. The monoisotopic (exact) mass is 475 g/mol. The number of rotatable bonds is 7. The van der Waals surface area contributed by atoms with Gasteiger partial charge in [0.25, 0.3) is 11.7 Å². The third-order valence-electron chi connectivity index (χ3n) is 6.16. The van der Waals surface area contributed by atoms with Gasteiger partial charge >= 0.3 is 0 Å². The quantitative estimate of drug-likeness (QED) is 0.318. The molecule has 3 aromatic rings. The van der Waals surface area contributed by atoms with Crippen molar-refractivity contribution in [2.24, 2.45) is 0 Å². The number of aromatic nitrogens is 2. The molecule has 0 spiro atoms. The number of ether oxygens (including phenoxy) is 3. The van der Waals surface area contributed by atoms with Crippen LogP contribution in [-0.2, 0) is 16.1 Å². The molecule has 0 radical (unpaired) electrons. The number of aliphatic hydroxyl groups is 1. The lowest BCUT2D eigenvalue weighted by atomic mass is 9.94. The fraction of sp³-hybridized carbons (Fsp3) is 0.269. The molecule has 0 aliphatic carbocycles. The van der Waals surface area contributed by atoms with Gasteiger partial charge in [0.15, 0.2) is 11.5 Å². The molecule has 9 heteroatoms. The predicted molar refractivity (Wildman–Crippen MR) is 126 cm³/mol. The van der Waals surface area contributed by atoms with Crippen molar-refractivity contribution in [2.45, 2.75) is 19.0 Å². The number of fused-ring (bicyclic) bond motifs is 1. The lowest BCUT2D eigenvalue weighted by molar-refractivity contribution is -0.140. The molecule has 0 unspecified atom stereocenters. The molecule has 1 aromatic heterocycles. The molecular weight excluding hydrogens is 450 g/mol. The molecule has 2 aromatic carbocycles. The van der Waals surface area contributed by atoms with Crippen LogP contribution in [0.4, 0.5) is 0 Å². The fourth-order valence-corrected chi connectivity index (χ4v) is 4.52. The number of hydrogen-bond donors (Lipinski definition) is 1. The summed E-state index contributed by atoms with van der Waals surface area (Å²) in [6.45, 7) is 1.77. The molecule has 0 saturated carbocycles. The minimum atomic E-state index is -0.804. The molecule has 1 saturated heterocycles. The van der Waals surface area contributed by atoms with Crippen LogP contribution in [0.25, 0.3) is 5.76 Å². The molecule has 2 aliphatic rings. The third kappa shape index (κ3) is 4.21. The van der Waals surface area contributed by atoms with Gasteiger partial charge in [0.2, 0.25) is 0 Å². The molecule has 1 fully saturated rings. The van der Waals surface area contributed by atoms with Crippen LogP contribution in [-0.4, -0.2) is 58.1 Å². The Morgan fingerprint density at radius 2 is 1.91 bits per heavy atom. The van der Waals surface area contributed by atoms with Crippen molar-refractivity contribution in [1.29, 1.82) is 0 Å². The lowest BCUT2D eigenvalue weighted by Crippen LogP contribution is -2.31. The van der Waals surface area contributed by atoms with Crippen LogP contribution in [0.5, 0.6) is 17.2 Å². The van der Waals surface area contributed by atoms with E-state index in [0.29, 0.717) is 61.1 Å². The minimum Gasteiger partial charge on any atom is -0.507 e. The highest BCUT2D eigenvalue weighted by Crippen LogP contribution is 2.43. The second-order valence-corrected chi connectivity index (χ2v) is 8.25. The molecule has 1 amide bonds. The molecular formula is C26H25N3O6. The summed E-state index contributed by atoms with van der Waals surface area (Å²) in [6.07, 6.45) is 5.83. The van der Waals surface area contributed by atoms with E-state index in [9.17, 15) is 14.7 Å². The van der Waals surface area contributed by atoms with Crippen molar-refractivity contribution in [3.05, 3.63) is 77.9 Å². The number of hydrogen-bond acceptors (Lipinski definition) is 7. The molecule has 2 aliphatic heterocycles. The maximum atomic E-state index is 13.3. The summed E-state index contributed by atoms with van der Waals surface area (Å²) < 4.78 is 18.6. The standard InChI is InChI=1S/C26H25N3O6/c1-33-19-6-3-2-5-18(19)23-22(24(30)17-7-8-20-21(15-17)35-14-13-34-20)25(31)26(32)29(23)11-4-10-28-12-9-27-16-28/h2-3,5-9,12,15-16,23,30H,4,10-11,13-14H2,1H3/t23-/m1/s1. The van der Waals surface area contributed by atoms with Crippen molar-refractivity contribution in [2.75, 3.05) is 26.9 Å². The number of likely N-dealkylation sites (tertiary alicyclic amines) is 1. The average Bonchev–Trinajstić information content (AvgIpc) is 3.50. The molecule has 5 rings (SSSR count). The summed E-state index contributed by atoms with van der Waals surface area (Å²) in [5.41, 5.74) is 1.00. The Morgan fingerprint density at radius 1 is 1.11 bits per heavy atom. The van der Waals surface area contributed by atoms with E-state index >= 15 is 0 Å². The van der Waals surface area contributed by atoms with E-state index in [2.05, 4.69) is 4.98 Å². The van der Waals surface area contributed by atoms with E-state index in [1.807, 2.05) is 22.9 Å². The zero-order valence-electron chi connectivity index (χ0n) is 19.2. The van der Waals surface area contributed by atoms with Crippen molar-refractivity contribution in [1.82, 2.24) is 14.5 Å². The SMILES string of the molecule is COc1ccccc1[C@@H]1C(=C(O)c2ccc3c(c2)OCCO3)C(=O)C(=O)N1CCCn1ccnc1. The van der Waals surface area contributed by atoms with Crippen LogP contribution in [0, 0.1) is 0 Å². The summed E-state index contributed by atoms with van der Waals surface area (Å²) in [4.78, 5) is 32.0. The second-order valence-electron chi connectivity index (χ2n) is 8.25. The van der Waals surface area contributed by atoms with Crippen molar-refractivity contribution in [3.63, 3.8) is 0 Å². The van der Waals surface area contributed by atoms with Crippen LogP contribution in [0.1, 0.15) is 23.6 Å². The predicted octanol–water partition coefficient (Wildman–Crippen LogP) is 3.17. The topological polar surface area (TPSA) is 103 Å². The number of imidazole rings is 1. The molecule has 1 N–H and O–H groups in total. The first-order valence-electron chi connectivity index (χ1n) is 11.4. The first kappa shape index (κ1) is 22.5. The number of Topliss-reactive ketones (excluding diaryl/α,β-unsaturated/α-hetero) is 1. The van der Waals surface area contributed by atoms with Crippen molar-refractivity contribution >= 4 is 17.4 Å². The van der Waals surface area contributed by atoms with Crippen molar-refractivity contribution in [3.8, 4) is 17.2 Å². The summed E-state index contributed by atoms with van der Waals surface area (Å²) in [7, 11) is 1.53. The van der Waals surface area contributed by atoms with Gasteiger partial charge in [-0.1, -0.05) is 18.2 Å². The van der Waals surface area contributed by atoms with E-state index in [0.717, 1.165) is 0 Å². The number of ketones is 1. The van der Waals surface area contributed by atoms with Gasteiger partial charge in [-0.05, 0) is 30.7 Å². The zero-order chi connectivity index (χ0) is 24.4. The fourth-order valence-electron chi connectivity index (χ4n) is 4.52. The molecule has 180 valence electrons. The Balaban J connectivity index is 1.56. The second kappa shape index (κ2) is 9.54. The van der Waals surface area contributed by atoms with Gasteiger partial charge in [0, 0.05) is 36.6 Å². The highest BCUT2D eigenvalue weighted by atomic mass is 16.6. The van der Waals surface area contributed by atoms with Gasteiger partial charge in [0.05, 0.1) is 25.1 Å². The van der Waals surface area contributed by atoms with Gasteiger partial charge < -0.3 is 28.8 Å². The van der Waals surface area contributed by atoms with E-state index < -0.39 is 17.7 Å². The Labute approximate surface area is 202 Å². The van der Waals surface area contributed by atoms with Crippen LogP contribution >= 0.6 is 0 Å². The summed E-state index contributed by atoms with van der Waals surface area (Å²) >= 11 is 0. The highest BCUT2D eigenvalue weighted by molar-refractivity contribution is 6.46. The van der Waals surface area contributed by atoms with E-state index in [-0.39, 0.29) is 11.3 Å². The first-order chi connectivity index (χ1) is 17.1. The summed E-state index contributed by atoms with van der Waals surface area (Å²) in [6, 6.07) is 11.3. The van der Waals surface area contributed by atoms with Crippen LogP contribution in [0.15, 0.2) is 66.8 Å². The maximum absolute atomic E-state index is 13.3. The van der Waals surface area contributed by atoms with E-state index in [1.54, 1.807) is 42.9 Å². The maximum Gasteiger partial charge on any atom is 0.295 e. The number of amides is 1. The Bertz CT molecular complexity index is 1280. The summed E-state index contributed by atoms with van der Waals surface area (Å²) in [5.74, 6) is -0.111. The smallest absolute Gasteiger partial charge is 0.295 e. The average molecular weight is 476 g/mol. The van der Waals surface area contributed by atoms with E-state index in [4.69, 9.17) is 14.2 Å². The number of methoxy groups -OCH3 is 1. The molecule has 9 nitrogen and oxygen atoms in total. The number of benzene rings is 2. The van der Waals surface area contributed by atoms with Gasteiger partial charge in [-0.3, -0.25) is 9.59 Å². The largest absolute Gasteiger partial charge is 0.507 e. The first-order valence-corrected chi connectivity index (χ1v) is 11.4. The highest BCUT2D eigenvalue weighted by Gasteiger charge is 2.46. The number of carbonyl (C=O) groups is 2. The third-order valence-corrected chi connectivity index (χ3v) is 6.16. The molecule has 35 heavy (non-hydrogen) atoms.